The molecule has 2 N–H and O–H groups in total. The van der Waals surface area contributed by atoms with Crippen LogP contribution in [0.1, 0.15) is 40.0 Å². The van der Waals surface area contributed by atoms with Gasteiger partial charge < -0.3 is 15.5 Å². The predicted molar refractivity (Wildman–Crippen MR) is 97.8 cm³/mol. The molecule has 0 saturated carbocycles. The van der Waals surface area contributed by atoms with Gasteiger partial charge in [-0.3, -0.25) is 4.99 Å². The van der Waals surface area contributed by atoms with Crippen LogP contribution >= 0.6 is 0 Å². The van der Waals surface area contributed by atoms with E-state index in [0.717, 1.165) is 32.0 Å². The van der Waals surface area contributed by atoms with Crippen LogP contribution in [0.3, 0.4) is 0 Å². The van der Waals surface area contributed by atoms with Gasteiger partial charge in [-0.05, 0) is 51.7 Å². The molecule has 1 saturated heterocycles. The Kier molecular flexibility index (Phi) is 9.55. The fraction of sp³-hybridized carbons (Fsp3) is 0.938. The van der Waals surface area contributed by atoms with Gasteiger partial charge in [0.2, 0.25) is 0 Å². The molecule has 1 rings (SSSR count). The number of hydrogen-bond acceptors (Lipinski definition) is 4. The Bertz CT molecular complexity index is 443. The minimum absolute atomic E-state index is 0.153. The number of nitrogens with zero attached hydrogens (tertiary/aromatic N) is 2. The van der Waals surface area contributed by atoms with Gasteiger partial charge in [0.15, 0.2) is 15.8 Å². The van der Waals surface area contributed by atoms with Crippen molar-refractivity contribution in [1.82, 2.24) is 15.5 Å². The maximum absolute atomic E-state index is 11.5. The molecule has 0 spiro atoms. The molecule has 136 valence electrons. The van der Waals surface area contributed by atoms with Crippen molar-refractivity contribution < 1.29 is 8.42 Å². The van der Waals surface area contributed by atoms with E-state index in [1.807, 2.05) is 6.92 Å². The van der Waals surface area contributed by atoms with Crippen molar-refractivity contribution in [3.63, 3.8) is 0 Å². The van der Waals surface area contributed by atoms with Gasteiger partial charge in [-0.25, -0.2) is 8.42 Å². The Morgan fingerprint density at radius 2 is 1.91 bits per heavy atom. The minimum Gasteiger partial charge on any atom is -0.357 e. The Hall–Kier alpha value is -0.820. The first kappa shape index (κ1) is 20.2. The van der Waals surface area contributed by atoms with Crippen LogP contribution in [0.2, 0.25) is 0 Å². The van der Waals surface area contributed by atoms with Crippen molar-refractivity contribution in [2.75, 3.05) is 50.8 Å². The lowest BCUT2D eigenvalue weighted by Crippen LogP contribution is -2.40. The van der Waals surface area contributed by atoms with Crippen LogP contribution < -0.4 is 10.6 Å². The zero-order valence-corrected chi connectivity index (χ0v) is 15.8. The van der Waals surface area contributed by atoms with Crippen molar-refractivity contribution in [2.24, 2.45) is 10.9 Å². The largest absolute Gasteiger partial charge is 0.357 e. The van der Waals surface area contributed by atoms with Crippen molar-refractivity contribution in [2.45, 2.75) is 40.0 Å². The molecule has 0 aromatic carbocycles. The van der Waals surface area contributed by atoms with E-state index in [9.17, 15) is 8.42 Å². The molecule has 1 aliphatic rings. The molecule has 0 aromatic heterocycles. The molecule has 0 radical (unpaired) electrons. The highest BCUT2D eigenvalue weighted by Gasteiger charge is 2.14. The molecule has 1 fully saturated rings. The van der Waals surface area contributed by atoms with Crippen LogP contribution in [-0.2, 0) is 9.84 Å². The van der Waals surface area contributed by atoms with Crippen molar-refractivity contribution in [3.8, 4) is 0 Å². The highest BCUT2D eigenvalue weighted by molar-refractivity contribution is 7.91. The maximum atomic E-state index is 11.5. The van der Waals surface area contributed by atoms with Gasteiger partial charge in [0.1, 0.15) is 0 Å². The van der Waals surface area contributed by atoms with Gasteiger partial charge in [-0.2, -0.15) is 0 Å². The molecule has 0 bridgehead atoms. The second-order valence-electron chi connectivity index (χ2n) is 6.30. The summed E-state index contributed by atoms with van der Waals surface area (Å²) in [7, 11) is -2.93. The van der Waals surface area contributed by atoms with E-state index in [4.69, 9.17) is 0 Å². The van der Waals surface area contributed by atoms with Gasteiger partial charge in [0.25, 0.3) is 0 Å². The molecular weight excluding hydrogens is 312 g/mol. The number of piperidine rings is 1. The average Bonchev–Trinajstić information content (AvgIpc) is 2.53. The Labute approximate surface area is 142 Å². The van der Waals surface area contributed by atoms with E-state index in [1.54, 1.807) is 6.92 Å². The van der Waals surface area contributed by atoms with Gasteiger partial charge in [0, 0.05) is 25.4 Å². The highest BCUT2D eigenvalue weighted by atomic mass is 32.2. The molecule has 0 atom stereocenters. The molecule has 0 aromatic rings. The predicted octanol–water partition coefficient (Wildman–Crippen LogP) is 1.10. The van der Waals surface area contributed by atoms with E-state index in [2.05, 4.69) is 27.4 Å². The lowest BCUT2D eigenvalue weighted by molar-refractivity contribution is 0.192. The van der Waals surface area contributed by atoms with Crippen LogP contribution in [-0.4, -0.2) is 70.1 Å². The monoisotopic (exact) mass is 346 g/mol. The number of aliphatic imine (C=N–C) groups is 1. The van der Waals surface area contributed by atoms with Crippen molar-refractivity contribution >= 4 is 15.8 Å². The zero-order chi connectivity index (χ0) is 17.1. The third-order valence-corrected chi connectivity index (χ3v) is 5.97. The van der Waals surface area contributed by atoms with Crippen LogP contribution in [0.25, 0.3) is 0 Å². The molecule has 7 heteroatoms. The summed E-state index contributed by atoms with van der Waals surface area (Å²) >= 11 is 0. The number of guanidine groups is 1. The van der Waals surface area contributed by atoms with E-state index < -0.39 is 9.84 Å². The van der Waals surface area contributed by atoms with Crippen LogP contribution in [0.5, 0.6) is 0 Å². The summed E-state index contributed by atoms with van der Waals surface area (Å²) in [5, 5.41) is 6.26. The maximum Gasteiger partial charge on any atom is 0.191 e. The Morgan fingerprint density at radius 1 is 1.22 bits per heavy atom. The fourth-order valence-corrected chi connectivity index (χ4v) is 3.28. The number of likely N-dealkylation sites (tertiary alicyclic amines) is 1. The molecule has 0 unspecified atom stereocenters. The summed E-state index contributed by atoms with van der Waals surface area (Å²) in [6, 6.07) is 0. The van der Waals surface area contributed by atoms with E-state index in [0.29, 0.717) is 12.5 Å². The SMILES string of the molecule is CCNC(=NCCCN1CCC(C)CC1)NCCS(=O)(=O)CC. The lowest BCUT2D eigenvalue weighted by Gasteiger charge is -2.29. The minimum atomic E-state index is -2.93. The lowest BCUT2D eigenvalue weighted by atomic mass is 9.99. The number of nitrogens with one attached hydrogen (secondary N) is 2. The number of sulfone groups is 1. The highest BCUT2D eigenvalue weighted by Crippen LogP contribution is 2.15. The first-order valence-electron chi connectivity index (χ1n) is 8.91. The standard InChI is InChI=1S/C16H34N4O2S/c1-4-17-16(19-10-14-23(21,22)5-2)18-9-6-11-20-12-7-15(3)8-13-20/h15H,4-14H2,1-3H3,(H2,17,18,19). The van der Waals surface area contributed by atoms with Gasteiger partial charge >= 0.3 is 0 Å². The van der Waals surface area contributed by atoms with Gasteiger partial charge in [0.05, 0.1) is 5.75 Å². The normalized spacial score (nSPS) is 18.1. The topological polar surface area (TPSA) is 73.8 Å². The summed E-state index contributed by atoms with van der Waals surface area (Å²) in [4.78, 5) is 7.05. The molecule has 0 amide bonds. The molecule has 0 aliphatic carbocycles. The summed E-state index contributed by atoms with van der Waals surface area (Å²) in [6.45, 7) is 11.5. The first-order valence-corrected chi connectivity index (χ1v) is 10.7. The second kappa shape index (κ2) is 10.9. The summed E-state index contributed by atoms with van der Waals surface area (Å²) in [5.41, 5.74) is 0. The number of hydrogen-bond donors (Lipinski definition) is 2. The van der Waals surface area contributed by atoms with Gasteiger partial charge in [-0.1, -0.05) is 13.8 Å². The molecule has 23 heavy (non-hydrogen) atoms. The molecule has 1 heterocycles. The van der Waals surface area contributed by atoms with Gasteiger partial charge in [-0.15, -0.1) is 0 Å². The second-order valence-corrected chi connectivity index (χ2v) is 8.77. The van der Waals surface area contributed by atoms with Crippen LogP contribution in [0.15, 0.2) is 4.99 Å². The summed E-state index contributed by atoms with van der Waals surface area (Å²) < 4.78 is 23.0. The number of rotatable bonds is 9. The third-order valence-electron chi connectivity index (χ3n) is 4.27. The first-order chi connectivity index (χ1) is 11.0. The molecule has 6 nitrogen and oxygen atoms in total. The Balaban J connectivity index is 2.25. The smallest absolute Gasteiger partial charge is 0.191 e. The summed E-state index contributed by atoms with van der Waals surface area (Å²) in [5.74, 6) is 1.93. The quantitative estimate of drug-likeness (QED) is 0.371. The Morgan fingerprint density at radius 3 is 2.52 bits per heavy atom. The van der Waals surface area contributed by atoms with E-state index in [-0.39, 0.29) is 11.5 Å². The average molecular weight is 347 g/mol. The van der Waals surface area contributed by atoms with Crippen LogP contribution in [0.4, 0.5) is 0 Å². The molecule has 1 aliphatic heterocycles. The zero-order valence-electron chi connectivity index (χ0n) is 15.0. The summed E-state index contributed by atoms with van der Waals surface area (Å²) in [6.07, 6.45) is 3.65. The van der Waals surface area contributed by atoms with E-state index in [1.165, 1.54) is 25.9 Å². The van der Waals surface area contributed by atoms with Crippen LogP contribution in [0, 0.1) is 5.92 Å². The molecular formula is C16H34N4O2S. The third kappa shape index (κ3) is 9.15. The van der Waals surface area contributed by atoms with Crippen molar-refractivity contribution in [3.05, 3.63) is 0 Å². The van der Waals surface area contributed by atoms with Crippen molar-refractivity contribution in [1.29, 1.82) is 0 Å². The fourth-order valence-electron chi connectivity index (χ4n) is 2.58. The van der Waals surface area contributed by atoms with E-state index >= 15 is 0 Å².